The summed E-state index contributed by atoms with van der Waals surface area (Å²) in [4.78, 5) is 33.3. The summed E-state index contributed by atoms with van der Waals surface area (Å²) >= 11 is 0. The molecule has 0 saturated carbocycles. The van der Waals surface area contributed by atoms with E-state index >= 15 is 0 Å². The number of hydrogen-bond acceptors (Lipinski definition) is 3. The van der Waals surface area contributed by atoms with Crippen molar-refractivity contribution >= 4 is 10.8 Å². The Bertz CT molecular complexity index is 616. The van der Waals surface area contributed by atoms with Crippen molar-refractivity contribution < 1.29 is 0 Å². The van der Waals surface area contributed by atoms with E-state index in [1.807, 2.05) is 0 Å². The second kappa shape index (κ2) is 2.36. The maximum atomic E-state index is 11.2. The van der Waals surface area contributed by atoms with Gasteiger partial charge in [0.1, 0.15) is 0 Å². The molecule has 0 N–H and O–H groups in total. The third kappa shape index (κ3) is 0.935. The fraction of sp³-hybridized carbons (Fsp3) is 0.100. The van der Waals surface area contributed by atoms with Crippen molar-refractivity contribution in [3.05, 3.63) is 54.4 Å². The first-order valence-electron chi connectivity index (χ1n) is 3.85. The zero-order chi connectivity index (χ0) is 9.59. The molecule has 0 bridgehead atoms. The highest BCUT2D eigenvalue weighted by Gasteiger charge is 2.10. The Balaban J connectivity index is 3.23. The summed E-state index contributed by atoms with van der Waals surface area (Å²) in [5.41, 5.74) is -1.40. The number of hydrogen-bond donors (Lipinski definition) is 0. The molecule has 0 heterocycles. The predicted molar refractivity (Wildman–Crippen MR) is 49.9 cm³/mol. The molecule has 64 valence electrons. The maximum Gasteiger partial charge on any atom is 0.273 e. The van der Waals surface area contributed by atoms with Gasteiger partial charge in [0, 0.05) is 10.8 Å². The van der Waals surface area contributed by atoms with Crippen molar-refractivity contribution in [3.63, 3.8) is 0 Å². The van der Waals surface area contributed by atoms with Crippen LogP contribution in [0, 0.1) is 6.92 Å². The Morgan fingerprint density at radius 1 is 0.846 bits per heavy atom. The third-order valence-corrected chi connectivity index (χ3v) is 2.08. The number of benzene rings is 1. The largest absolute Gasteiger partial charge is 0.285 e. The van der Waals surface area contributed by atoms with Crippen LogP contribution in [0.2, 0.25) is 0 Å². The lowest BCUT2D eigenvalue weighted by Gasteiger charge is -1.89. The van der Waals surface area contributed by atoms with Crippen LogP contribution in [0.3, 0.4) is 0 Å². The first-order valence-corrected chi connectivity index (χ1v) is 3.85. The summed E-state index contributed by atoms with van der Waals surface area (Å²) in [5, 5.41) is 0.482. The van der Waals surface area contributed by atoms with E-state index < -0.39 is 16.3 Å². The van der Waals surface area contributed by atoms with E-state index in [1.54, 1.807) is 19.1 Å². The zero-order valence-corrected chi connectivity index (χ0v) is 6.96. The topological polar surface area (TPSA) is 51.2 Å². The van der Waals surface area contributed by atoms with Gasteiger partial charge in [-0.25, -0.2) is 0 Å². The van der Waals surface area contributed by atoms with Crippen LogP contribution >= 0.6 is 0 Å². The Morgan fingerprint density at radius 2 is 1.46 bits per heavy atom. The van der Waals surface area contributed by atoms with E-state index in [-0.39, 0.29) is 10.8 Å². The molecule has 0 aromatic heterocycles. The summed E-state index contributed by atoms with van der Waals surface area (Å²) in [6, 6.07) is 4.80. The lowest BCUT2D eigenvalue weighted by Crippen LogP contribution is -2.29. The number of rotatable bonds is 0. The van der Waals surface area contributed by atoms with Crippen LogP contribution in [0.5, 0.6) is 0 Å². The van der Waals surface area contributed by atoms with Gasteiger partial charge in [-0.05, 0) is 19.1 Å². The van der Waals surface area contributed by atoms with Crippen LogP contribution < -0.4 is 16.3 Å². The van der Waals surface area contributed by atoms with Gasteiger partial charge in [0.25, 0.3) is 5.43 Å². The normalized spacial score (nSPS) is 10.8. The van der Waals surface area contributed by atoms with Gasteiger partial charge in [-0.3, -0.25) is 14.4 Å². The molecule has 2 rings (SSSR count). The highest BCUT2D eigenvalue weighted by atomic mass is 16.2. The van der Waals surface area contributed by atoms with Crippen molar-refractivity contribution in [1.29, 1.82) is 0 Å². The Kier molecular flexibility index (Phi) is 1.42. The monoisotopic (exact) mass is 174 g/mol. The quantitative estimate of drug-likeness (QED) is 0.532. The van der Waals surface area contributed by atoms with Crippen molar-refractivity contribution in [3.8, 4) is 0 Å². The van der Waals surface area contributed by atoms with Gasteiger partial charge >= 0.3 is 0 Å². The van der Waals surface area contributed by atoms with Crippen LogP contribution in [-0.4, -0.2) is 0 Å². The lowest BCUT2D eigenvalue weighted by molar-refractivity contribution is 1.51. The van der Waals surface area contributed by atoms with Gasteiger partial charge in [0.15, 0.2) is 0 Å². The highest BCUT2D eigenvalue weighted by molar-refractivity contribution is 5.84. The molecule has 13 heavy (non-hydrogen) atoms. The summed E-state index contributed by atoms with van der Waals surface area (Å²) in [6.45, 7) is 1.81. The third-order valence-electron chi connectivity index (χ3n) is 2.08. The molecule has 0 atom stereocenters. The Morgan fingerprint density at radius 3 is 2.15 bits per heavy atom. The standard InChI is InChI=1S/C10H6O3/c1-5-2-3-6-7(4-5)9(12)10(13)8(6)11/h2-4H,1H3. The van der Waals surface area contributed by atoms with E-state index in [0.29, 0.717) is 0 Å². The minimum absolute atomic E-state index is 0.237. The Hall–Kier alpha value is -1.77. The molecule has 0 aliphatic heterocycles. The molecule has 0 radical (unpaired) electrons. The van der Waals surface area contributed by atoms with Crippen LogP contribution in [0.25, 0.3) is 10.8 Å². The molecular weight excluding hydrogens is 168 g/mol. The summed E-state index contributed by atoms with van der Waals surface area (Å²) < 4.78 is 0. The van der Waals surface area contributed by atoms with Crippen LogP contribution in [-0.2, 0) is 0 Å². The minimum Gasteiger partial charge on any atom is -0.285 e. The van der Waals surface area contributed by atoms with Gasteiger partial charge in [-0.15, -0.1) is 0 Å². The molecule has 2 aromatic rings. The van der Waals surface area contributed by atoms with Crippen molar-refractivity contribution in [2.75, 3.05) is 0 Å². The molecular formula is C10H6O3. The van der Waals surface area contributed by atoms with E-state index in [2.05, 4.69) is 0 Å². The fourth-order valence-corrected chi connectivity index (χ4v) is 1.39. The van der Waals surface area contributed by atoms with E-state index in [1.165, 1.54) is 6.07 Å². The summed E-state index contributed by atoms with van der Waals surface area (Å²) in [5.74, 6) is 0. The first-order chi connectivity index (χ1) is 6.11. The molecule has 0 amide bonds. The van der Waals surface area contributed by atoms with E-state index in [0.717, 1.165) is 5.56 Å². The molecule has 0 aliphatic carbocycles. The maximum absolute atomic E-state index is 11.2. The zero-order valence-electron chi connectivity index (χ0n) is 6.96. The minimum atomic E-state index is -0.916. The number of fused-ring (bicyclic) bond motifs is 1. The van der Waals surface area contributed by atoms with Gasteiger partial charge in [-0.2, -0.15) is 0 Å². The fourth-order valence-electron chi connectivity index (χ4n) is 1.39. The molecule has 0 spiro atoms. The molecule has 3 heteroatoms. The average molecular weight is 174 g/mol. The Labute approximate surface area is 73.0 Å². The molecule has 0 aliphatic rings. The van der Waals surface area contributed by atoms with Crippen LogP contribution in [0.1, 0.15) is 5.56 Å². The predicted octanol–water partition coefficient (Wildman–Crippen LogP) is 0.104. The second-order valence-corrected chi connectivity index (χ2v) is 3.04. The van der Waals surface area contributed by atoms with E-state index in [9.17, 15) is 14.4 Å². The molecule has 0 saturated heterocycles. The summed E-state index contributed by atoms with van der Waals surface area (Å²) in [6.07, 6.45) is 0. The van der Waals surface area contributed by atoms with Crippen LogP contribution in [0.4, 0.5) is 0 Å². The van der Waals surface area contributed by atoms with E-state index in [4.69, 9.17) is 0 Å². The van der Waals surface area contributed by atoms with Gasteiger partial charge < -0.3 is 0 Å². The van der Waals surface area contributed by atoms with Crippen molar-refractivity contribution in [2.24, 2.45) is 0 Å². The summed E-state index contributed by atoms with van der Waals surface area (Å²) in [7, 11) is 0. The van der Waals surface area contributed by atoms with Gasteiger partial charge in [-0.1, -0.05) is 11.6 Å². The SMILES string of the molecule is Cc1ccc2c(=O)c(=O)c(=O)c2c1. The van der Waals surface area contributed by atoms with Crippen molar-refractivity contribution in [1.82, 2.24) is 0 Å². The van der Waals surface area contributed by atoms with Gasteiger partial charge in [0.2, 0.25) is 10.9 Å². The smallest absolute Gasteiger partial charge is 0.273 e. The molecule has 3 nitrogen and oxygen atoms in total. The average Bonchev–Trinajstić information content (AvgIpc) is 2.32. The lowest BCUT2D eigenvalue weighted by atomic mass is 10.1. The molecule has 2 aromatic carbocycles. The molecule has 0 fully saturated rings. The van der Waals surface area contributed by atoms with Crippen molar-refractivity contribution in [2.45, 2.75) is 6.92 Å². The first kappa shape index (κ1) is 7.86. The van der Waals surface area contributed by atoms with Gasteiger partial charge in [0.05, 0.1) is 0 Å². The number of aryl methyl sites for hydroxylation is 1. The van der Waals surface area contributed by atoms with Crippen LogP contribution in [0.15, 0.2) is 32.6 Å². The highest BCUT2D eigenvalue weighted by Crippen LogP contribution is 2.06. The second-order valence-electron chi connectivity index (χ2n) is 3.04. The molecule has 0 unspecified atom stereocenters.